The largest absolute Gasteiger partial charge is 0.450 e. The van der Waals surface area contributed by atoms with Gasteiger partial charge in [-0.1, -0.05) is 67.5 Å². The number of benzene rings is 2. The van der Waals surface area contributed by atoms with E-state index in [9.17, 15) is 14.4 Å². The number of esters is 1. The smallest absolute Gasteiger partial charge is 0.334 e. The molecule has 2 amide bonds. The number of amides is 2. The molecule has 3 rings (SSSR count). The van der Waals surface area contributed by atoms with Crippen LogP contribution < -0.4 is 10.6 Å². The minimum absolute atomic E-state index is 0.228. The Morgan fingerprint density at radius 1 is 0.969 bits per heavy atom. The van der Waals surface area contributed by atoms with Gasteiger partial charge in [0.05, 0.1) is 0 Å². The van der Waals surface area contributed by atoms with E-state index in [1.54, 1.807) is 87.5 Å². The highest BCUT2D eigenvalue weighted by Crippen LogP contribution is 2.20. The predicted molar refractivity (Wildman–Crippen MR) is 118 cm³/mol. The number of hydrogen-bond donors (Lipinski definition) is 2. The quantitative estimate of drug-likeness (QED) is 0.523. The standard InChI is InChI=1S/C24H25N3O5/c1-15(2)21(23(29)25-19-14-16(3)32-27-19)31-24(30)20(17-10-6-4-7-11-17)26-22(28)18-12-8-5-9-13-18/h4-15,20-21H,1-3H3,(H,26,28)(H,25,27,29). The molecule has 0 bridgehead atoms. The zero-order valence-corrected chi connectivity index (χ0v) is 18.1. The van der Waals surface area contributed by atoms with Crippen LogP contribution in [0, 0.1) is 12.8 Å². The summed E-state index contributed by atoms with van der Waals surface area (Å²) in [5.74, 6) is -1.28. The maximum absolute atomic E-state index is 13.1. The van der Waals surface area contributed by atoms with Gasteiger partial charge in [-0.3, -0.25) is 9.59 Å². The zero-order valence-electron chi connectivity index (χ0n) is 18.1. The first-order valence-corrected chi connectivity index (χ1v) is 10.2. The van der Waals surface area contributed by atoms with Crippen molar-refractivity contribution in [3.05, 3.63) is 83.6 Å². The van der Waals surface area contributed by atoms with Crippen LogP contribution in [0.25, 0.3) is 0 Å². The Bertz CT molecular complexity index is 1060. The fourth-order valence-electron chi connectivity index (χ4n) is 3.04. The fraction of sp³-hybridized carbons (Fsp3) is 0.250. The number of ether oxygens (including phenoxy) is 1. The molecular formula is C24H25N3O5. The van der Waals surface area contributed by atoms with E-state index >= 15 is 0 Å². The highest BCUT2D eigenvalue weighted by molar-refractivity contribution is 5.98. The Labute approximate surface area is 185 Å². The van der Waals surface area contributed by atoms with Crippen molar-refractivity contribution in [2.24, 2.45) is 5.92 Å². The molecule has 8 heteroatoms. The molecule has 0 aliphatic rings. The van der Waals surface area contributed by atoms with Gasteiger partial charge in [-0.15, -0.1) is 0 Å². The van der Waals surface area contributed by atoms with Crippen LogP contribution in [0.5, 0.6) is 0 Å². The van der Waals surface area contributed by atoms with Crippen LogP contribution in [-0.4, -0.2) is 29.0 Å². The van der Waals surface area contributed by atoms with Gasteiger partial charge in [-0.2, -0.15) is 0 Å². The van der Waals surface area contributed by atoms with Crippen LogP contribution in [0.2, 0.25) is 0 Å². The first-order chi connectivity index (χ1) is 15.3. The average molecular weight is 435 g/mol. The average Bonchev–Trinajstić information content (AvgIpc) is 3.20. The van der Waals surface area contributed by atoms with Gasteiger partial charge in [0.25, 0.3) is 11.8 Å². The van der Waals surface area contributed by atoms with Crippen LogP contribution >= 0.6 is 0 Å². The summed E-state index contributed by atoms with van der Waals surface area (Å²) in [5, 5.41) is 9.03. The second kappa shape index (κ2) is 10.4. The Morgan fingerprint density at radius 2 is 1.59 bits per heavy atom. The van der Waals surface area contributed by atoms with Crippen molar-refractivity contribution in [1.29, 1.82) is 0 Å². The minimum atomic E-state index is -1.10. The molecule has 166 valence electrons. The van der Waals surface area contributed by atoms with Crippen LogP contribution in [0.1, 0.15) is 41.6 Å². The van der Waals surface area contributed by atoms with Gasteiger partial charge in [-0.05, 0) is 30.5 Å². The molecule has 2 aromatic carbocycles. The molecule has 0 aliphatic carbocycles. The van der Waals surface area contributed by atoms with Gasteiger partial charge in [-0.25, -0.2) is 4.79 Å². The summed E-state index contributed by atoms with van der Waals surface area (Å²) in [7, 11) is 0. The maximum Gasteiger partial charge on any atom is 0.334 e. The summed E-state index contributed by atoms with van der Waals surface area (Å²) < 4.78 is 10.5. The monoisotopic (exact) mass is 435 g/mol. The van der Waals surface area contributed by atoms with Crippen molar-refractivity contribution >= 4 is 23.6 Å². The number of aryl methyl sites for hydroxylation is 1. The minimum Gasteiger partial charge on any atom is -0.450 e. The number of carbonyl (C=O) groups is 3. The van der Waals surface area contributed by atoms with Crippen molar-refractivity contribution in [3.8, 4) is 0 Å². The number of anilines is 1. The summed E-state index contributed by atoms with van der Waals surface area (Å²) >= 11 is 0. The van der Waals surface area contributed by atoms with Crippen LogP contribution in [0.4, 0.5) is 5.82 Å². The summed E-state index contributed by atoms with van der Waals surface area (Å²) in [6.45, 7) is 5.21. The third-order valence-corrected chi connectivity index (χ3v) is 4.67. The third kappa shape index (κ3) is 5.81. The number of rotatable bonds is 8. The zero-order chi connectivity index (χ0) is 23.1. The van der Waals surface area contributed by atoms with E-state index in [1.165, 1.54) is 0 Å². The molecule has 2 N–H and O–H groups in total. The van der Waals surface area contributed by atoms with E-state index in [0.29, 0.717) is 16.9 Å². The Kier molecular flexibility index (Phi) is 7.38. The normalized spacial score (nSPS) is 12.6. The summed E-state index contributed by atoms with van der Waals surface area (Å²) in [5.41, 5.74) is 0.942. The predicted octanol–water partition coefficient (Wildman–Crippen LogP) is 3.66. The molecule has 0 spiro atoms. The molecule has 0 saturated heterocycles. The van der Waals surface area contributed by atoms with E-state index < -0.39 is 29.9 Å². The molecular weight excluding hydrogens is 410 g/mol. The van der Waals surface area contributed by atoms with E-state index in [1.807, 2.05) is 0 Å². The topological polar surface area (TPSA) is 111 Å². The first kappa shape index (κ1) is 22.7. The molecule has 2 atom stereocenters. The van der Waals surface area contributed by atoms with Gasteiger partial charge in [0.15, 0.2) is 18.0 Å². The number of aromatic nitrogens is 1. The van der Waals surface area contributed by atoms with Crippen molar-refractivity contribution in [3.63, 3.8) is 0 Å². The number of carbonyl (C=O) groups excluding carboxylic acids is 3. The highest BCUT2D eigenvalue weighted by Gasteiger charge is 2.32. The Balaban J connectivity index is 1.79. The van der Waals surface area contributed by atoms with Gasteiger partial charge in [0.2, 0.25) is 0 Å². The lowest BCUT2D eigenvalue weighted by Crippen LogP contribution is -2.41. The van der Waals surface area contributed by atoms with Crippen LogP contribution in [-0.2, 0) is 14.3 Å². The van der Waals surface area contributed by atoms with Crippen LogP contribution in [0.15, 0.2) is 71.3 Å². The first-order valence-electron chi connectivity index (χ1n) is 10.2. The number of nitrogens with one attached hydrogen (secondary N) is 2. The fourth-order valence-corrected chi connectivity index (χ4v) is 3.04. The molecule has 0 fully saturated rings. The molecule has 32 heavy (non-hydrogen) atoms. The Hall–Kier alpha value is -3.94. The van der Waals surface area contributed by atoms with Crippen molar-refractivity contribution < 1.29 is 23.6 Å². The lowest BCUT2D eigenvalue weighted by atomic mass is 10.0. The second-order valence-corrected chi connectivity index (χ2v) is 7.60. The maximum atomic E-state index is 13.1. The summed E-state index contributed by atoms with van der Waals surface area (Å²) in [6.07, 6.45) is -1.10. The van der Waals surface area contributed by atoms with E-state index in [2.05, 4.69) is 15.8 Å². The Morgan fingerprint density at radius 3 is 2.16 bits per heavy atom. The lowest BCUT2D eigenvalue weighted by Gasteiger charge is -2.24. The van der Waals surface area contributed by atoms with Crippen molar-refractivity contribution in [2.45, 2.75) is 32.9 Å². The molecule has 2 unspecified atom stereocenters. The second-order valence-electron chi connectivity index (χ2n) is 7.60. The summed E-state index contributed by atoms with van der Waals surface area (Å²) in [6, 6.07) is 17.7. The highest BCUT2D eigenvalue weighted by atomic mass is 16.6. The van der Waals surface area contributed by atoms with E-state index in [0.717, 1.165) is 0 Å². The number of hydrogen-bond acceptors (Lipinski definition) is 6. The molecule has 1 aromatic heterocycles. The van der Waals surface area contributed by atoms with Gasteiger partial charge in [0.1, 0.15) is 5.76 Å². The van der Waals surface area contributed by atoms with Gasteiger partial charge >= 0.3 is 5.97 Å². The van der Waals surface area contributed by atoms with Gasteiger partial charge < -0.3 is 19.9 Å². The molecule has 3 aromatic rings. The van der Waals surface area contributed by atoms with E-state index in [-0.39, 0.29) is 11.7 Å². The van der Waals surface area contributed by atoms with Gasteiger partial charge in [0, 0.05) is 11.6 Å². The molecule has 1 heterocycles. The number of nitrogens with zero attached hydrogens (tertiary/aromatic N) is 1. The van der Waals surface area contributed by atoms with Crippen molar-refractivity contribution in [1.82, 2.24) is 10.5 Å². The third-order valence-electron chi connectivity index (χ3n) is 4.67. The molecule has 0 saturated carbocycles. The van der Waals surface area contributed by atoms with E-state index in [4.69, 9.17) is 9.26 Å². The molecule has 8 nitrogen and oxygen atoms in total. The summed E-state index contributed by atoms with van der Waals surface area (Å²) in [4.78, 5) is 38.6. The molecule has 0 radical (unpaired) electrons. The van der Waals surface area contributed by atoms with Crippen LogP contribution in [0.3, 0.4) is 0 Å². The molecule has 0 aliphatic heterocycles. The SMILES string of the molecule is Cc1cc(NC(=O)C(OC(=O)C(NC(=O)c2ccccc2)c2ccccc2)C(C)C)no1. The lowest BCUT2D eigenvalue weighted by molar-refractivity contribution is -0.158. The van der Waals surface area contributed by atoms with Crippen molar-refractivity contribution in [2.75, 3.05) is 5.32 Å².